The third-order valence-electron chi connectivity index (χ3n) is 4.81. The van der Waals surface area contributed by atoms with E-state index in [9.17, 15) is 0 Å². The van der Waals surface area contributed by atoms with Crippen molar-refractivity contribution in [1.29, 1.82) is 0 Å². The van der Waals surface area contributed by atoms with Crippen LogP contribution in [0, 0.1) is 6.92 Å². The Labute approximate surface area is 208 Å². The van der Waals surface area contributed by atoms with Crippen LogP contribution in [0.15, 0.2) is 34.2 Å². The van der Waals surface area contributed by atoms with Crippen LogP contribution in [0.5, 0.6) is 0 Å². The highest BCUT2D eigenvalue weighted by molar-refractivity contribution is 14.2. The van der Waals surface area contributed by atoms with Crippen molar-refractivity contribution >= 4 is 80.2 Å². The molecule has 3 heterocycles. The van der Waals surface area contributed by atoms with Crippen LogP contribution >= 0.6 is 51.8 Å². The van der Waals surface area contributed by atoms with Crippen molar-refractivity contribution in [3.8, 4) is 0 Å². The number of benzene rings is 1. The monoisotopic (exact) mass is 588 g/mol. The molecule has 4 rings (SSSR count). The fourth-order valence-corrected chi connectivity index (χ4v) is 6.44. The lowest BCUT2D eigenvalue weighted by Gasteiger charge is -2.17. The van der Waals surface area contributed by atoms with E-state index in [0.29, 0.717) is 17.6 Å². The molecule has 0 bridgehead atoms. The van der Waals surface area contributed by atoms with Gasteiger partial charge >= 0.3 is 0 Å². The summed E-state index contributed by atoms with van der Waals surface area (Å²) in [5.74, 6) is 1.98. The van der Waals surface area contributed by atoms with Gasteiger partial charge in [-0.2, -0.15) is 0 Å². The van der Waals surface area contributed by atoms with Crippen LogP contribution in [0.2, 0.25) is 5.15 Å². The highest BCUT2D eigenvalue weighted by Crippen LogP contribution is 2.37. The van der Waals surface area contributed by atoms with Gasteiger partial charge in [-0.15, -0.1) is 11.8 Å². The van der Waals surface area contributed by atoms with Crippen LogP contribution < -0.4 is 5.32 Å². The number of likely N-dealkylation sites (N-methyl/N-ethyl adjacent to an activating group) is 1. The number of amidine groups is 1. The zero-order valence-electron chi connectivity index (χ0n) is 18.5. The molecule has 0 spiro atoms. The minimum absolute atomic E-state index is 0.328. The first-order valence-electron chi connectivity index (χ1n) is 10.1. The molecule has 6 nitrogen and oxygen atoms in total. The lowest BCUT2D eigenvalue weighted by Crippen LogP contribution is -2.24. The molecule has 0 amide bonds. The van der Waals surface area contributed by atoms with Gasteiger partial charge in [-0.1, -0.05) is 25.4 Å². The quantitative estimate of drug-likeness (QED) is 0.155. The molecular weight excluding hydrogens is 562 g/mol. The summed E-state index contributed by atoms with van der Waals surface area (Å²) in [6.45, 7) is 9.09. The smallest absolute Gasteiger partial charge is 0.167 e. The summed E-state index contributed by atoms with van der Waals surface area (Å²) in [6.07, 6.45) is 2.60. The maximum Gasteiger partial charge on any atom is 0.167 e. The van der Waals surface area contributed by atoms with Gasteiger partial charge in [0.05, 0.1) is 23.8 Å². The van der Waals surface area contributed by atoms with Gasteiger partial charge in [-0.05, 0) is 60.3 Å². The van der Waals surface area contributed by atoms with Crippen molar-refractivity contribution in [2.24, 2.45) is 4.99 Å². The van der Waals surface area contributed by atoms with Crippen molar-refractivity contribution in [2.45, 2.75) is 38.6 Å². The Bertz CT molecular complexity index is 1120. The number of fused-ring (bicyclic) bond motifs is 1. The maximum absolute atomic E-state index is 6.32. The fraction of sp³-hybridized carbons (Fsp3) is 0.381. The van der Waals surface area contributed by atoms with Gasteiger partial charge in [-0.3, -0.25) is 9.33 Å². The van der Waals surface area contributed by atoms with E-state index in [2.05, 4.69) is 80.0 Å². The van der Waals surface area contributed by atoms with Crippen LogP contribution in [0.3, 0.4) is 0 Å². The van der Waals surface area contributed by atoms with Gasteiger partial charge in [0.1, 0.15) is 22.3 Å². The Morgan fingerprint density at radius 3 is 2.58 bits per heavy atom. The third-order valence-corrected chi connectivity index (χ3v) is 7.93. The topological polar surface area (TPSA) is 58.3 Å². The predicted octanol–water partition coefficient (Wildman–Crippen LogP) is 6.76. The average Bonchev–Trinajstić information content (AvgIpc) is 3.27. The van der Waals surface area contributed by atoms with E-state index in [-0.39, 0.29) is 0 Å². The average molecular weight is 589 g/mol. The molecule has 31 heavy (non-hydrogen) atoms. The molecule has 10 heteroatoms. The first-order chi connectivity index (χ1) is 14.9. The van der Waals surface area contributed by atoms with E-state index < -0.39 is 0 Å². The number of hydrogen-bond acceptors (Lipinski definition) is 6. The molecule has 0 radical (unpaired) electrons. The van der Waals surface area contributed by atoms with E-state index in [1.807, 2.05) is 26.8 Å². The Hall–Kier alpha value is -1.09. The molecule has 3 aromatic rings. The normalized spacial score (nSPS) is 16.1. The van der Waals surface area contributed by atoms with Crippen LogP contribution in [0.25, 0.3) is 11.2 Å². The van der Waals surface area contributed by atoms with Gasteiger partial charge in [0.15, 0.2) is 5.65 Å². The molecule has 2 aromatic heterocycles. The Kier molecular flexibility index (Phi) is 8.46. The molecule has 1 aliphatic heterocycles. The largest absolute Gasteiger partial charge is 0.357 e. The second-order valence-electron chi connectivity index (χ2n) is 6.97. The summed E-state index contributed by atoms with van der Waals surface area (Å²) in [6, 6.07) is 8.58. The van der Waals surface area contributed by atoms with Crippen molar-refractivity contribution in [1.82, 2.24) is 19.2 Å². The number of aryl methyl sites for hydroxylation is 1. The second-order valence-corrected chi connectivity index (χ2v) is 10.3. The Balaban J connectivity index is 0.00000132. The first-order valence-corrected chi connectivity index (χ1v) is 15.7. The predicted molar refractivity (Wildman–Crippen MR) is 146 cm³/mol. The number of nitrogens with one attached hydrogen (secondary N) is 1. The van der Waals surface area contributed by atoms with E-state index in [1.54, 1.807) is 11.8 Å². The van der Waals surface area contributed by atoms with Crippen molar-refractivity contribution in [3.63, 3.8) is 0 Å². The molecule has 2 atom stereocenters. The number of aromatic nitrogens is 3. The molecule has 1 aliphatic rings. The number of anilines is 2. The van der Waals surface area contributed by atoms with Gasteiger partial charge < -0.3 is 10.2 Å². The number of imidazole rings is 1. The molecule has 166 valence electrons. The zero-order valence-corrected chi connectivity index (χ0v) is 23.2. The van der Waals surface area contributed by atoms with Crippen LogP contribution in [0.1, 0.15) is 32.2 Å². The molecule has 0 saturated heterocycles. The van der Waals surface area contributed by atoms with Crippen molar-refractivity contribution in [2.75, 3.05) is 25.2 Å². The van der Waals surface area contributed by atoms with Gasteiger partial charge in [0, 0.05) is 30.1 Å². The van der Waals surface area contributed by atoms with Crippen molar-refractivity contribution < 1.29 is 0 Å². The van der Waals surface area contributed by atoms with E-state index in [0.717, 1.165) is 51.2 Å². The number of hydrogen-bond donors (Lipinski definition) is 1. The minimum Gasteiger partial charge on any atom is -0.357 e. The Morgan fingerprint density at radius 1 is 1.23 bits per heavy atom. The molecule has 0 fully saturated rings. The molecular formula is C21H27ClIN6PS. The number of pyridine rings is 1. The van der Waals surface area contributed by atoms with E-state index in [4.69, 9.17) is 21.6 Å². The maximum atomic E-state index is 6.32. The molecule has 1 aromatic carbocycles. The number of aliphatic imine (C=N–C) groups is 1. The lowest BCUT2D eigenvalue weighted by molar-refractivity contribution is 0.514. The standard InChI is InChI=1S/C19H21ClIN6PS.C2H6/c1-10-9-26(3)18(22-10)12-5-6-13(15(7-12)29-4)24-14-8-16(20)25-19-17(14)23-11(2)27(19)28-21;1-2/h5-8,10,28H,9H2,1-4H3,(H,24,25);1-2H3. The molecule has 1 N–H and O–H groups in total. The molecule has 0 saturated carbocycles. The minimum atomic E-state index is 0.328. The lowest BCUT2D eigenvalue weighted by atomic mass is 10.1. The zero-order chi connectivity index (χ0) is 22.7. The first kappa shape index (κ1) is 24.6. The van der Waals surface area contributed by atoms with Gasteiger partial charge in [0.2, 0.25) is 0 Å². The highest BCUT2D eigenvalue weighted by atomic mass is 127. The number of halogens is 2. The van der Waals surface area contributed by atoms with Crippen LogP contribution in [0.4, 0.5) is 11.4 Å². The van der Waals surface area contributed by atoms with E-state index in [1.165, 1.54) is 0 Å². The van der Waals surface area contributed by atoms with Crippen LogP contribution in [-0.4, -0.2) is 50.9 Å². The van der Waals surface area contributed by atoms with Gasteiger partial charge in [0.25, 0.3) is 0 Å². The third kappa shape index (κ3) is 5.13. The SMILES string of the molecule is CC.CSc1cc(C2=NC(C)CN2C)ccc1Nc1cc(Cl)nc2c1nc(C)n2PI. The summed E-state index contributed by atoms with van der Waals surface area (Å²) < 4.78 is 2.08. The molecule has 2 unspecified atom stereocenters. The van der Waals surface area contributed by atoms with Gasteiger partial charge in [-0.25, -0.2) is 9.97 Å². The van der Waals surface area contributed by atoms with Crippen LogP contribution in [-0.2, 0) is 0 Å². The fourth-order valence-electron chi connectivity index (χ4n) is 3.53. The summed E-state index contributed by atoms with van der Waals surface area (Å²) in [5.41, 5.74) is 4.66. The second kappa shape index (κ2) is 10.7. The number of thioether (sulfide) groups is 1. The summed E-state index contributed by atoms with van der Waals surface area (Å²) in [5, 5.41) is 3.99. The van der Waals surface area contributed by atoms with Crippen molar-refractivity contribution in [3.05, 3.63) is 40.8 Å². The summed E-state index contributed by atoms with van der Waals surface area (Å²) in [7, 11) is 2.09. The molecule has 0 aliphatic carbocycles. The highest BCUT2D eigenvalue weighted by Gasteiger charge is 2.21. The summed E-state index contributed by atoms with van der Waals surface area (Å²) in [4.78, 5) is 17.4. The summed E-state index contributed by atoms with van der Waals surface area (Å²) >= 11 is 10.4. The number of nitrogens with zero attached hydrogens (tertiary/aromatic N) is 5. The number of rotatable bonds is 5. The van der Waals surface area contributed by atoms with E-state index >= 15 is 0 Å². The Morgan fingerprint density at radius 2 is 1.97 bits per heavy atom.